The average Bonchev–Trinajstić information content (AvgIpc) is 3.33. The van der Waals surface area contributed by atoms with E-state index in [2.05, 4.69) is 15.6 Å². The molecule has 0 unspecified atom stereocenters. The predicted molar refractivity (Wildman–Crippen MR) is 118 cm³/mol. The Morgan fingerprint density at radius 3 is 2.62 bits per heavy atom. The van der Waals surface area contributed by atoms with Gasteiger partial charge in [-0.3, -0.25) is 14.4 Å². The van der Waals surface area contributed by atoms with Gasteiger partial charge in [-0.15, -0.1) is 0 Å². The minimum Gasteiger partial charge on any atom is -0.467 e. The number of furan rings is 1. The molecule has 1 aliphatic heterocycles. The van der Waals surface area contributed by atoms with Gasteiger partial charge in [0, 0.05) is 12.6 Å². The summed E-state index contributed by atoms with van der Waals surface area (Å²) in [6.07, 6.45) is 4.52. The van der Waals surface area contributed by atoms with E-state index in [4.69, 9.17) is 4.42 Å². The molecule has 9 nitrogen and oxygen atoms in total. The van der Waals surface area contributed by atoms with Crippen LogP contribution in [0.25, 0.3) is 0 Å². The largest absolute Gasteiger partial charge is 0.467 e. The third-order valence-electron chi connectivity index (χ3n) is 6.25. The molecule has 176 valence electrons. The molecule has 5 rings (SSSR count). The first kappa shape index (κ1) is 21.9. The zero-order valence-electron chi connectivity index (χ0n) is 18.6. The van der Waals surface area contributed by atoms with E-state index in [1.807, 2.05) is 0 Å². The molecular formula is C24H24FN5O4. The first-order valence-electron chi connectivity index (χ1n) is 11.1. The van der Waals surface area contributed by atoms with Crippen LogP contribution >= 0.6 is 0 Å². The van der Waals surface area contributed by atoms with Gasteiger partial charge in [-0.2, -0.15) is 0 Å². The van der Waals surface area contributed by atoms with Gasteiger partial charge in [0.1, 0.15) is 22.8 Å². The maximum Gasteiger partial charge on any atom is 0.274 e. The average molecular weight is 465 g/mol. The van der Waals surface area contributed by atoms with Crippen LogP contribution in [0.5, 0.6) is 0 Å². The van der Waals surface area contributed by atoms with Gasteiger partial charge in [0.15, 0.2) is 5.69 Å². The van der Waals surface area contributed by atoms with E-state index in [0.29, 0.717) is 5.76 Å². The molecule has 0 spiro atoms. The van der Waals surface area contributed by atoms with Crippen LogP contribution in [-0.4, -0.2) is 43.8 Å². The van der Waals surface area contributed by atoms with Crippen LogP contribution in [-0.2, 0) is 24.4 Å². The Bertz CT molecular complexity index is 1230. The smallest absolute Gasteiger partial charge is 0.274 e. The summed E-state index contributed by atoms with van der Waals surface area (Å²) in [6.45, 7) is 2.27. The number of nitrogens with zero attached hydrogens (tertiary/aromatic N) is 3. The Morgan fingerprint density at radius 2 is 1.94 bits per heavy atom. The molecule has 2 aromatic heterocycles. The molecule has 1 fully saturated rings. The van der Waals surface area contributed by atoms with Crippen molar-refractivity contribution in [2.24, 2.45) is 0 Å². The summed E-state index contributed by atoms with van der Waals surface area (Å²) in [5.74, 6) is -0.970. The highest BCUT2D eigenvalue weighted by Gasteiger charge is 2.53. The molecule has 1 atom stereocenters. The lowest BCUT2D eigenvalue weighted by Gasteiger charge is -2.44. The van der Waals surface area contributed by atoms with Crippen molar-refractivity contribution < 1.29 is 23.2 Å². The van der Waals surface area contributed by atoms with Gasteiger partial charge in [0.05, 0.1) is 25.7 Å². The highest BCUT2D eigenvalue weighted by atomic mass is 19.1. The fourth-order valence-corrected chi connectivity index (χ4v) is 4.36. The number of aromatic nitrogens is 2. The number of carbonyl (C=O) groups excluding carboxylic acids is 3. The molecule has 1 saturated carbocycles. The number of rotatable bonds is 7. The number of amides is 3. The second-order valence-electron chi connectivity index (χ2n) is 8.82. The molecule has 2 N–H and O–H groups in total. The Hall–Kier alpha value is -3.95. The van der Waals surface area contributed by atoms with Crippen molar-refractivity contribution in [2.45, 2.75) is 51.0 Å². The number of imidazole rings is 1. The third kappa shape index (κ3) is 3.95. The van der Waals surface area contributed by atoms with Gasteiger partial charge in [0.25, 0.3) is 11.8 Å². The SMILES string of the molecule is C[C@@]1(C(=O)NCc2ccc(F)cc2)Cn2cnc(C(=O)NCc3ccco3)c2C(=O)N1C1CC1. The van der Waals surface area contributed by atoms with Crippen LogP contribution in [0.15, 0.2) is 53.4 Å². The van der Waals surface area contributed by atoms with E-state index >= 15 is 0 Å². The number of fused-ring (bicyclic) bond motifs is 1. The molecule has 1 aromatic carbocycles. The lowest BCUT2D eigenvalue weighted by atomic mass is 9.93. The van der Waals surface area contributed by atoms with E-state index in [9.17, 15) is 18.8 Å². The molecule has 3 amide bonds. The van der Waals surface area contributed by atoms with Crippen molar-refractivity contribution >= 4 is 17.7 Å². The molecule has 34 heavy (non-hydrogen) atoms. The van der Waals surface area contributed by atoms with Crippen molar-refractivity contribution in [3.63, 3.8) is 0 Å². The monoisotopic (exact) mass is 465 g/mol. The minimum atomic E-state index is -1.16. The van der Waals surface area contributed by atoms with Crippen molar-refractivity contribution in [2.75, 3.05) is 0 Å². The lowest BCUT2D eigenvalue weighted by molar-refractivity contribution is -0.133. The van der Waals surface area contributed by atoms with E-state index in [1.54, 1.807) is 40.7 Å². The van der Waals surface area contributed by atoms with Crippen LogP contribution in [0.2, 0.25) is 0 Å². The zero-order chi connectivity index (χ0) is 23.9. The summed E-state index contributed by atoms with van der Waals surface area (Å²) in [7, 11) is 0. The number of hydrogen-bond donors (Lipinski definition) is 2. The molecule has 3 heterocycles. The van der Waals surface area contributed by atoms with Gasteiger partial charge in [-0.25, -0.2) is 9.37 Å². The van der Waals surface area contributed by atoms with Gasteiger partial charge in [-0.1, -0.05) is 12.1 Å². The lowest BCUT2D eigenvalue weighted by Crippen LogP contribution is -2.64. The fraction of sp³-hybridized carbons (Fsp3) is 0.333. The van der Waals surface area contributed by atoms with Crippen molar-refractivity contribution in [1.29, 1.82) is 0 Å². The molecule has 0 saturated heterocycles. The van der Waals surface area contributed by atoms with Crippen molar-refractivity contribution in [3.05, 3.63) is 77.5 Å². The van der Waals surface area contributed by atoms with Crippen LogP contribution in [0, 0.1) is 5.82 Å². The molecule has 0 bridgehead atoms. The van der Waals surface area contributed by atoms with Crippen molar-refractivity contribution in [3.8, 4) is 0 Å². The maximum absolute atomic E-state index is 13.6. The number of carbonyl (C=O) groups is 3. The Balaban J connectivity index is 1.37. The van der Waals surface area contributed by atoms with Gasteiger partial charge >= 0.3 is 0 Å². The third-order valence-corrected chi connectivity index (χ3v) is 6.25. The molecule has 1 aliphatic carbocycles. The number of halogens is 1. The number of benzene rings is 1. The van der Waals surface area contributed by atoms with Crippen LogP contribution in [0.4, 0.5) is 4.39 Å². The summed E-state index contributed by atoms with van der Waals surface area (Å²) in [5, 5.41) is 5.60. The highest BCUT2D eigenvalue weighted by Crippen LogP contribution is 2.38. The number of hydrogen-bond acceptors (Lipinski definition) is 5. The van der Waals surface area contributed by atoms with E-state index in [-0.39, 0.29) is 48.8 Å². The second-order valence-corrected chi connectivity index (χ2v) is 8.82. The minimum absolute atomic E-state index is 0.0241. The summed E-state index contributed by atoms with van der Waals surface area (Å²) in [6, 6.07) is 9.25. The standard InChI is InChI=1S/C24H24FN5O4/c1-24(23(33)27-11-15-4-6-16(25)7-5-15)13-29-14-28-19(20(29)22(32)30(24)17-8-9-17)21(31)26-12-18-3-2-10-34-18/h2-7,10,14,17H,8-9,11-13H2,1H3,(H,26,31)(H,27,33)/t24-/m0/s1. The van der Waals surface area contributed by atoms with Crippen LogP contribution in [0.3, 0.4) is 0 Å². The predicted octanol–water partition coefficient (Wildman–Crippen LogP) is 2.24. The second kappa shape index (κ2) is 8.44. The molecular weight excluding hydrogens is 441 g/mol. The van der Waals surface area contributed by atoms with Gasteiger partial charge in [0.2, 0.25) is 5.91 Å². The van der Waals surface area contributed by atoms with Crippen LogP contribution in [0.1, 0.15) is 52.1 Å². The van der Waals surface area contributed by atoms with E-state index in [1.165, 1.54) is 24.7 Å². The first-order chi connectivity index (χ1) is 16.4. The van der Waals surface area contributed by atoms with E-state index < -0.39 is 17.4 Å². The molecule has 0 radical (unpaired) electrons. The Kier molecular flexibility index (Phi) is 5.43. The molecule has 2 aliphatic rings. The Labute approximate surface area is 194 Å². The zero-order valence-corrected chi connectivity index (χ0v) is 18.6. The molecule has 3 aromatic rings. The normalized spacial score (nSPS) is 19.6. The summed E-state index contributed by atoms with van der Waals surface area (Å²) in [5.41, 5.74) is -0.214. The first-order valence-corrected chi connectivity index (χ1v) is 11.1. The highest BCUT2D eigenvalue weighted by molar-refractivity contribution is 6.07. The van der Waals surface area contributed by atoms with Gasteiger partial charge in [-0.05, 0) is 49.6 Å². The summed E-state index contributed by atoms with van der Waals surface area (Å²) < 4.78 is 20.0. The molecule has 10 heteroatoms. The maximum atomic E-state index is 13.6. The summed E-state index contributed by atoms with van der Waals surface area (Å²) in [4.78, 5) is 45.5. The van der Waals surface area contributed by atoms with Crippen LogP contribution < -0.4 is 10.6 Å². The number of nitrogens with one attached hydrogen (secondary N) is 2. The fourth-order valence-electron chi connectivity index (χ4n) is 4.36. The topological polar surface area (TPSA) is 109 Å². The van der Waals surface area contributed by atoms with Crippen molar-refractivity contribution in [1.82, 2.24) is 25.1 Å². The van der Waals surface area contributed by atoms with Gasteiger partial charge < -0.3 is 24.5 Å². The summed E-state index contributed by atoms with van der Waals surface area (Å²) >= 11 is 0. The Morgan fingerprint density at radius 1 is 1.18 bits per heavy atom. The van der Waals surface area contributed by atoms with E-state index in [0.717, 1.165) is 18.4 Å². The quantitative estimate of drug-likeness (QED) is 0.556.